The van der Waals surface area contributed by atoms with Crippen LogP contribution < -0.4 is 0 Å². The van der Waals surface area contributed by atoms with Gasteiger partial charge in [-0.05, 0) is 11.1 Å². The molecule has 0 aliphatic carbocycles. The predicted octanol–water partition coefficient (Wildman–Crippen LogP) is 1.58. The number of aliphatic carboxylic acids is 1. The molecule has 63 valence electrons. The molecule has 1 radical (unpaired) electrons. The van der Waals surface area contributed by atoms with Crippen molar-refractivity contribution in [1.82, 2.24) is 0 Å². The van der Waals surface area contributed by atoms with Crippen LogP contribution >= 0.6 is 0 Å². The summed E-state index contributed by atoms with van der Waals surface area (Å²) in [6.45, 7) is 3.61. The summed E-state index contributed by atoms with van der Waals surface area (Å²) in [5.41, 5.74) is 1.69. The second-order valence-electron chi connectivity index (χ2n) is 2.47. The Morgan fingerprint density at radius 3 is 2.62 bits per heavy atom. The normalized spacial score (nSPS) is 8.62. The van der Waals surface area contributed by atoms with Crippen LogP contribution in [0.25, 0.3) is 6.08 Å². The van der Waals surface area contributed by atoms with Crippen molar-refractivity contribution in [3.8, 4) is 0 Å². The maximum Gasteiger partial charge on any atom is 0.307 e. The monoisotopic (exact) mass is 169 g/mol. The number of benzene rings is 1. The number of carbonyl (C=O) groups is 1. The van der Waals surface area contributed by atoms with Gasteiger partial charge in [0.05, 0.1) is 6.42 Å². The van der Waals surface area contributed by atoms with Gasteiger partial charge in [-0.25, -0.2) is 0 Å². The molecule has 1 rings (SSSR count). The molecule has 0 saturated heterocycles. The molecule has 0 aliphatic heterocycles. The van der Waals surface area contributed by atoms with Crippen LogP contribution in [0, 0.1) is 0 Å². The predicted molar refractivity (Wildman–Crippen MR) is 53.6 cm³/mol. The molecule has 0 heterocycles. The van der Waals surface area contributed by atoms with E-state index in [4.69, 9.17) is 5.11 Å². The van der Waals surface area contributed by atoms with E-state index in [9.17, 15) is 4.79 Å². The smallest absolute Gasteiger partial charge is 0.307 e. The van der Waals surface area contributed by atoms with E-state index in [1.54, 1.807) is 12.1 Å². The van der Waals surface area contributed by atoms with Crippen molar-refractivity contribution in [1.29, 1.82) is 0 Å². The standard InChI is InChI=1S/C10H10O2.Li/c1-2-8-5-3-4-6-9(8)7-10(11)12;/h2-6H,1,7H2,(H,11,12);. The van der Waals surface area contributed by atoms with Crippen molar-refractivity contribution in [3.63, 3.8) is 0 Å². The molecule has 0 spiro atoms. The third kappa shape index (κ3) is 3.50. The van der Waals surface area contributed by atoms with Crippen LogP contribution in [0.3, 0.4) is 0 Å². The first kappa shape index (κ1) is 12.0. The summed E-state index contributed by atoms with van der Waals surface area (Å²) in [4.78, 5) is 10.4. The fourth-order valence-electron chi connectivity index (χ4n) is 1.06. The van der Waals surface area contributed by atoms with Gasteiger partial charge in [0, 0.05) is 18.9 Å². The van der Waals surface area contributed by atoms with E-state index in [0.717, 1.165) is 11.1 Å². The molecule has 0 unspecified atom stereocenters. The van der Waals surface area contributed by atoms with E-state index in [1.807, 2.05) is 18.2 Å². The van der Waals surface area contributed by atoms with Gasteiger partial charge in [0.25, 0.3) is 0 Å². The van der Waals surface area contributed by atoms with Gasteiger partial charge in [-0.2, -0.15) is 0 Å². The Labute approximate surface area is 89.5 Å². The van der Waals surface area contributed by atoms with Crippen molar-refractivity contribution in [2.45, 2.75) is 6.42 Å². The van der Waals surface area contributed by atoms with E-state index in [1.165, 1.54) is 0 Å². The Balaban J connectivity index is 0.00000144. The summed E-state index contributed by atoms with van der Waals surface area (Å²) in [6, 6.07) is 7.34. The van der Waals surface area contributed by atoms with E-state index >= 15 is 0 Å². The third-order valence-corrected chi connectivity index (χ3v) is 1.62. The summed E-state index contributed by atoms with van der Waals surface area (Å²) < 4.78 is 0. The molecule has 0 fully saturated rings. The Bertz CT molecular complexity index is 308. The maximum atomic E-state index is 10.4. The molecule has 1 aromatic rings. The van der Waals surface area contributed by atoms with Crippen LogP contribution in [0.1, 0.15) is 11.1 Å². The molecule has 0 bridgehead atoms. The first-order chi connectivity index (χ1) is 5.74. The van der Waals surface area contributed by atoms with E-state index < -0.39 is 5.97 Å². The zero-order valence-electron chi connectivity index (χ0n) is 7.66. The molecule has 0 atom stereocenters. The molecular weight excluding hydrogens is 159 g/mol. The minimum absolute atomic E-state index is 0. The molecule has 1 aromatic carbocycles. The quantitative estimate of drug-likeness (QED) is 0.697. The molecular formula is C10H10LiO2. The molecule has 0 amide bonds. The summed E-state index contributed by atoms with van der Waals surface area (Å²) >= 11 is 0. The second kappa shape index (κ2) is 5.64. The van der Waals surface area contributed by atoms with Crippen LogP contribution in [-0.2, 0) is 11.2 Å². The summed E-state index contributed by atoms with van der Waals surface area (Å²) in [5.74, 6) is -0.815. The Hall–Kier alpha value is -0.973. The molecule has 1 N–H and O–H groups in total. The van der Waals surface area contributed by atoms with Gasteiger partial charge >= 0.3 is 5.97 Å². The SMILES string of the molecule is C=Cc1ccccc1CC(=O)O.[Li]. The van der Waals surface area contributed by atoms with Gasteiger partial charge in [0.2, 0.25) is 0 Å². The van der Waals surface area contributed by atoms with Crippen molar-refractivity contribution >= 4 is 30.9 Å². The van der Waals surface area contributed by atoms with Crippen LogP contribution in [0.15, 0.2) is 30.8 Å². The molecule has 0 saturated carbocycles. The number of carboxylic acid groups (broad SMARTS) is 1. The largest absolute Gasteiger partial charge is 0.481 e. The van der Waals surface area contributed by atoms with E-state index in [0.29, 0.717) is 0 Å². The van der Waals surface area contributed by atoms with Gasteiger partial charge in [-0.3, -0.25) is 4.79 Å². The minimum Gasteiger partial charge on any atom is -0.481 e. The fourth-order valence-corrected chi connectivity index (χ4v) is 1.06. The van der Waals surface area contributed by atoms with E-state index in [2.05, 4.69) is 6.58 Å². The van der Waals surface area contributed by atoms with Gasteiger partial charge in [-0.15, -0.1) is 0 Å². The van der Waals surface area contributed by atoms with Crippen LogP contribution in [0.5, 0.6) is 0 Å². The molecule has 13 heavy (non-hydrogen) atoms. The zero-order valence-corrected chi connectivity index (χ0v) is 7.66. The summed E-state index contributed by atoms with van der Waals surface area (Å²) in [6.07, 6.45) is 1.72. The van der Waals surface area contributed by atoms with E-state index in [-0.39, 0.29) is 25.3 Å². The van der Waals surface area contributed by atoms with Crippen molar-refractivity contribution in [3.05, 3.63) is 42.0 Å². The summed E-state index contributed by atoms with van der Waals surface area (Å²) in [5, 5.41) is 8.55. The number of hydrogen-bond donors (Lipinski definition) is 1. The minimum atomic E-state index is -0.815. The van der Waals surface area contributed by atoms with Gasteiger partial charge in [-0.1, -0.05) is 36.9 Å². The van der Waals surface area contributed by atoms with Crippen molar-refractivity contribution < 1.29 is 9.90 Å². The average Bonchev–Trinajstić information content (AvgIpc) is 2.04. The topological polar surface area (TPSA) is 37.3 Å². The number of carboxylic acids is 1. The van der Waals surface area contributed by atoms with Crippen molar-refractivity contribution in [2.75, 3.05) is 0 Å². The van der Waals surface area contributed by atoms with Gasteiger partial charge in [0.1, 0.15) is 0 Å². The molecule has 0 aliphatic rings. The van der Waals surface area contributed by atoms with Crippen LogP contribution in [-0.4, -0.2) is 29.9 Å². The zero-order chi connectivity index (χ0) is 8.97. The Kier molecular flexibility index (Phi) is 5.21. The first-order valence-corrected chi connectivity index (χ1v) is 3.66. The Morgan fingerprint density at radius 2 is 2.08 bits per heavy atom. The van der Waals surface area contributed by atoms with Crippen LogP contribution in [0.4, 0.5) is 0 Å². The van der Waals surface area contributed by atoms with Crippen molar-refractivity contribution in [2.24, 2.45) is 0 Å². The average molecular weight is 169 g/mol. The molecule has 0 aromatic heterocycles. The number of rotatable bonds is 3. The maximum absolute atomic E-state index is 10.4. The number of hydrogen-bond acceptors (Lipinski definition) is 1. The summed E-state index contributed by atoms with van der Waals surface area (Å²) in [7, 11) is 0. The molecule has 3 heteroatoms. The second-order valence-corrected chi connectivity index (χ2v) is 2.47. The molecule has 2 nitrogen and oxygen atoms in total. The van der Waals surface area contributed by atoms with Gasteiger partial charge in [0.15, 0.2) is 0 Å². The van der Waals surface area contributed by atoms with Crippen LogP contribution in [0.2, 0.25) is 0 Å². The van der Waals surface area contributed by atoms with Gasteiger partial charge < -0.3 is 5.11 Å². The third-order valence-electron chi connectivity index (χ3n) is 1.62. The first-order valence-electron chi connectivity index (χ1n) is 3.66. The Morgan fingerprint density at radius 1 is 1.46 bits per heavy atom. The fraction of sp³-hybridized carbons (Fsp3) is 0.100.